The highest BCUT2D eigenvalue weighted by Crippen LogP contribution is 2.28. The number of hydrogen-bond acceptors (Lipinski definition) is 0. The molecular weight excluding hydrogens is 216 g/mol. The van der Waals surface area contributed by atoms with E-state index in [1.54, 1.807) is 0 Å². The first-order valence-corrected chi connectivity index (χ1v) is 7.00. The van der Waals surface area contributed by atoms with Gasteiger partial charge in [-0.25, -0.2) is 0 Å². The Hall–Kier alpha value is -1.56. The molecule has 0 saturated heterocycles. The summed E-state index contributed by atoms with van der Waals surface area (Å²) >= 11 is 0. The highest BCUT2D eigenvalue weighted by atomic mass is 14.1. The van der Waals surface area contributed by atoms with E-state index in [0.29, 0.717) is 5.92 Å². The Morgan fingerprint density at radius 3 is 2.22 bits per heavy atom. The van der Waals surface area contributed by atoms with Gasteiger partial charge in [0.25, 0.3) is 0 Å². The molecule has 0 aliphatic carbocycles. The first kappa shape index (κ1) is 12.9. The van der Waals surface area contributed by atoms with Crippen molar-refractivity contribution in [1.82, 2.24) is 0 Å². The zero-order valence-electron chi connectivity index (χ0n) is 11.4. The minimum absolute atomic E-state index is 0.707. The molecule has 2 aromatic carbocycles. The van der Waals surface area contributed by atoms with Gasteiger partial charge in [0.2, 0.25) is 0 Å². The Balaban J connectivity index is 2.30. The van der Waals surface area contributed by atoms with Gasteiger partial charge in [0, 0.05) is 0 Å². The average molecular weight is 238 g/mol. The van der Waals surface area contributed by atoms with E-state index >= 15 is 0 Å². The van der Waals surface area contributed by atoms with Gasteiger partial charge in [-0.3, -0.25) is 0 Å². The lowest BCUT2D eigenvalue weighted by atomic mass is 9.90. The van der Waals surface area contributed by atoms with Crippen molar-refractivity contribution in [3.8, 4) is 11.1 Å². The SMILES string of the molecule is CCCC(CC)c1cccc(-c2ccccc2)c1. The summed E-state index contributed by atoms with van der Waals surface area (Å²) in [5.74, 6) is 0.707. The Morgan fingerprint density at radius 2 is 1.56 bits per heavy atom. The molecule has 0 aliphatic rings. The van der Waals surface area contributed by atoms with Crippen LogP contribution in [-0.2, 0) is 0 Å². The zero-order chi connectivity index (χ0) is 12.8. The monoisotopic (exact) mass is 238 g/mol. The molecule has 2 aromatic rings. The minimum atomic E-state index is 0.707. The van der Waals surface area contributed by atoms with Gasteiger partial charge in [-0.1, -0.05) is 74.9 Å². The summed E-state index contributed by atoms with van der Waals surface area (Å²) in [6.45, 7) is 4.55. The van der Waals surface area contributed by atoms with Crippen molar-refractivity contribution in [1.29, 1.82) is 0 Å². The van der Waals surface area contributed by atoms with Crippen LogP contribution in [0.5, 0.6) is 0 Å². The van der Waals surface area contributed by atoms with Gasteiger partial charge in [-0.2, -0.15) is 0 Å². The van der Waals surface area contributed by atoms with Gasteiger partial charge in [-0.15, -0.1) is 0 Å². The summed E-state index contributed by atoms with van der Waals surface area (Å²) in [5, 5.41) is 0. The van der Waals surface area contributed by atoms with Crippen molar-refractivity contribution < 1.29 is 0 Å². The number of rotatable bonds is 5. The quantitative estimate of drug-likeness (QED) is 0.631. The molecule has 94 valence electrons. The van der Waals surface area contributed by atoms with Gasteiger partial charge in [0.05, 0.1) is 0 Å². The molecule has 1 unspecified atom stereocenters. The minimum Gasteiger partial charge on any atom is -0.0654 e. The van der Waals surface area contributed by atoms with E-state index in [-0.39, 0.29) is 0 Å². The second-order valence-corrected chi connectivity index (χ2v) is 4.89. The third kappa shape index (κ3) is 3.01. The lowest BCUT2D eigenvalue weighted by Crippen LogP contribution is -1.96. The summed E-state index contributed by atoms with van der Waals surface area (Å²) < 4.78 is 0. The van der Waals surface area contributed by atoms with E-state index in [1.807, 2.05) is 0 Å². The van der Waals surface area contributed by atoms with Crippen LogP contribution in [0.3, 0.4) is 0 Å². The molecular formula is C18H22. The summed E-state index contributed by atoms with van der Waals surface area (Å²) in [5.41, 5.74) is 4.13. The molecule has 0 bridgehead atoms. The third-order valence-corrected chi connectivity index (χ3v) is 3.60. The normalized spacial score (nSPS) is 12.3. The third-order valence-electron chi connectivity index (χ3n) is 3.60. The molecule has 0 N–H and O–H groups in total. The first-order valence-electron chi connectivity index (χ1n) is 7.00. The van der Waals surface area contributed by atoms with Crippen LogP contribution >= 0.6 is 0 Å². The molecule has 0 heterocycles. The second-order valence-electron chi connectivity index (χ2n) is 4.89. The molecule has 0 saturated carbocycles. The van der Waals surface area contributed by atoms with Crippen LogP contribution < -0.4 is 0 Å². The molecule has 18 heavy (non-hydrogen) atoms. The van der Waals surface area contributed by atoms with E-state index in [0.717, 1.165) is 0 Å². The Labute approximate surface area is 111 Å². The first-order chi connectivity index (χ1) is 8.85. The van der Waals surface area contributed by atoms with Gasteiger partial charge >= 0.3 is 0 Å². The van der Waals surface area contributed by atoms with Crippen LogP contribution in [0, 0.1) is 0 Å². The van der Waals surface area contributed by atoms with Crippen LogP contribution in [0.4, 0.5) is 0 Å². The van der Waals surface area contributed by atoms with Crippen LogP contribution in [0.15, 0.2) is 54.6 Å². The van der Waals surface area contributed by atoms with Crippen molar-refractivity contribution in [3.05, 3.63) is 60.2 Å². The fraction of sp³-hybridized carbons (Fsp3) is 0.333. The van der Waals surface area contributed by atoms with Crippen LogP contribution in [0.2, 0.25) is 0 Å². The Bertz CT molecular complexity index is 470. The van der Waals surface area contributed by atoms with E-state index in [2.05, 4.69) is 68.4 Å². The zero-order valence-corrected chi connectivity index (χ0v) is 11.4. The molecule has 0 radical (unpaired) electrons. The van der Waals surface area contributed by atoms with Gasteiger partial charge in [0.1, 0.15) is 0 Å². The van der Waals surface area contributed by atoms with E-state index in [1.165, 1.54) is 36.0 Å². The van der Waals surface area contributed by atoms with Crippen LogP contribution in [0.25, 0.3) is 11.1 Å². The Kier molecular flexibility index (Phi) is 4.58. The van der Waals surface area contributed by atoms with E-state index in [4.69, 9.17) is 0 Å². The van der Waals surface area contributed by atoms with Crippen LogP contribution in [0.1, 0.15) is 44.6 Å². The van der Waals surface area contributed by atoms with Crippen LogP contribution in [-0.4, -0.2) is 0 Å². The lowest BCUT2D eigenvalue weighted by Gasteiger charge is -2.15. The standard InChI is InChI=1S/C18H22/c1-3-9-15(4-2)17-12-8-13-18(14-17)16-10-6-5-7-11-16/h5-8,10-15H,3-4,9H2,1-2H3. The maximum atomic E-state index is 2.36. The summed E-state index contributed by atoms with van der Waals surface area (Å²) in [6, 6.07) is 19.7. The van der Waals surface area contributed by atoms with E-state index in [9.17, 15) is 0 Å². The largest absolute Gasteiger partial charge is 0.0654 e. The van der Waals surface area contributed by atoms with Gasteiger partial charge in [0.15, 0.2) is 0 Å². The molecule has 1 atom stereocenters. The fourth-order valence-corrected chi connectivity index (χ4v) is 2.56. The predicted octanol–water partition coefficient (Wildman–Crippen LogP) is 5.65. The number of hydrogen-bond donors (Lipinski definition) is 0. The Morgan fingerprint density at radius 1 is 0.833 bits per heavy atom. The predicted molar refractivity (Wildman–Crippen MR) is 79.8 cm³/mol. The average Bonchev–Trinajstić information content (AvgIpc) is 2.46. The second kappa shape index (κ2) is 6.39. The molecule has 0 nitrogen and oxygen atoms in total. The summed E-state index contributed by atoms with van der Waals surface area (Å²) in [6.07, 6.45) is 3.77. The molecule has 0 aromatic heterocycles. The van der Waals surface area contributed by atoms with Crippen molar-refractivity contribution in [3.63, 3.8) is 0 Å². The van der Waals surface area contributed by atoms with Gasteiger partial charge in [-0.05, 0) is 35.4 Å². The van der Waals surface area contributed by atoms with Crippen molar-refractivity contribution >= 4 is 0 Å². The smallest absolute Gasteiger partial charge is 0.0164 e. The molecule has 0 amide bonds. The van der Waals surface area contributed by atoms with Crippen molar-refractivity contribution in [2.24, 2.45) is 0 Å². The molecule has 0 heteroatoms. The topological polar surface area (TPSA) is 0 Å². The highest BCUT2D eigenvalue weighted by molar-refractivity contribution is 5.64. The maximum absolute atomic E-state index is 2.36. The lowest BCUT2D eigenvalue weighted by molar-refractivity contribution is 0.596. The summed E-state index contributed by atoms with van der Waals surface area (Å²) in [7, 11) is 0. The van der Waals surface area contributed by atoms with Gasteiger partial charge < -0.3 is 0 Å². The molecule has 0 aliphatic heterocycles. The molecule has 2 rings (SSSR count). The maximum Gasteiger partial charge on any atom is -0.0164 e. The van der Waals surface area contributed by atoms with Crippen molar-refractivity contribution in [2.75, 3.05) is 0 Å². The van der Waals surface area contributed by atoms with Crippen molar-refractivity contribution in [2.45, 2.75) is 39.0 Å². The molecule has 0 fully saturated rings. The highest BCUT2D eigenvalue weighted by Gasteiger charge is 2.08. The molecule has 0 spiro atoms. The fourth-order valence-electron chi connectivity index (χ4n) is 2.56. The summed E-state index contributed by atoms with van der Waals surface area (Å²) in [4.78, 5) is 0. The number of benzene rings is 2. The van der Waals surface area contributed by atoms with E-state index < -0.39 is 0 Å².